The van der Waals surface area contributed by atoms with E-state index in [1.807, 2.05) is 0 Å². The summed E-state index contributed by atoms with van der Waals surface area (Å²) in [6.45, 7) is 6.51. The molecular weight excluding hydrogens is 453 g/mol. The van der Waals surface area contributed by atoms with Crippen LogP contribution in [0.3, 0.4) is 0 Å². The molecule has 1 aromatic heterocycles. The van der Waals surface area contributed by atoms with Crippen molar-refractivity contribution in [2.45, 2.75) is 68.8 Å². The maximum absolute atomic E-state index is 13.4. The van der Waals surface area contributed by atoms with Gasteiger partial charge in [0.25, 0.3) is 0 Å². The first-order valence-corrected chi connectivity index (χ1v) is 12.4. The van der Waals surface area contributed by atoms with Gasteiger partial charge in [-0.2, -0.15) is 18.4 Å². The van der Waals surface area contributed by atoms with Gasteiger partial charge in [-0.25, -0.2) is 4.98 Å². The fourth-order valence-electron chi connectivity index (χ4n) is 4.35. The van der Waals surface area contributed by atoms with E-state index >= 15 is 0 Å². The van der Waals surface area contributed by atoms with Crippen molar-refractivity contribution in [3.05, 3.63) is 81.9 Å². The van der Waals surface area contributed by atoms with E-state index < -0.39 is 11.7 Å². The van der Waals surface area contributed by atoms with Crippen molar-refractivity contribution >= 4 is 11.8 Å². The normalized spacial score (nSPS) is 13.9. The molecule has 0 saturated heterocycles. The molecule has 3 aromatic rings. The molecule has 0 N–H and O–H groups in total. The Hall–Kier alpha value is -2.78. The molecule has 2 nitrogen and oxygen atoms in total. The van der Waals surface area contributed by atoms with Gasteiger partial charge in [0.05, 0.1) is 16.8 Å². The third-order valence-electron chi connectivity index (χ3n) is 6.25. The van der Waals surface area contributed by atoms with Crippen molar-refractivity contribution in [3.63, 3.8) is 0 Å². The average molecular weight is 481 g/mol. The zero-order valence-electron chi connectivity index (χ0n) is 19.6. The molecule has 0 amide bonds. The highest BCUT2D eigenvalue weighted by Gasteiger charge is 2.31. The van der Waals surface area contributed by atoms with E-state index in [4.69, 9.17) is 4.98 Å². The molecule has 0 spiro atoms. The van der Waals surface area contributed by atoms with Gasteiger partial charge in [0.2, 0.25) is 0 Å². The molecule has 0 atom stereocenters. The molecule has 34 heavy (non-hydrogen) atoms. The van der Waals surface area contributed by atoms with Crippen molar-refractivity contribution in [3.8, 4) is 17.3 Å². The van der Waals surface area contributed by atoms with Gasteiger partial charge in [-0.1, -0.05) is 57.2 Å². The fraction of sp³-hybridized carbons (Fsp3) is 0.357. The third-order valence-corrected chi connectivity index (χ3v) is 7.30. The smallest absolute Gasteiger partial charge is 0.240 e. The monoisotopic (exact) mass is 480 g/mol. The quantitative estimate of drug-likeness (QED) is 0.354. The van der Waals surface area contributed by atoms with Crippen LogP contribution < -0.4 is 0 Å². The van der Waals surface area contributed by atoms with Crippen molar-refractivity contribution in [1.82, 2.24) is 4.98 Å². The number of fused-ring (bicyclic) bond motifs is 1. The van der Waals surface area contributed by atoms with Crippen LogP contribution in [0.25, 0.3) is 11.3 Å². The minimum absolute atomic E-state index is 0.0690. The van der Waals surface area contributed by atoms with Crippen LogP contribution in [-0.4, -0.2) is 4.98 Å². The molecule has 0 radical (unpaired) electrons. The number of thioether (sulfide) groups is 1. The third kappa shape index (κ3) is 5.15. The van der Waals surface area contributed by atoms with E-state index in [2.05, 4.69) is 51.1 Å². The molecule has 0 fully saturated rings. The van der Waals surface area contributed by atoms with E-state index in [9.17, 15) is 18.4 Å². The second kappa shape index (κ2) is 9.46. The summed E-state index contributed by atoms with van der Waals surface area (Å²) in [4.78, 5) is 4.80. The molecule has 0 unspecified atom stereocenters. The summed E-state index contributed by atoms with van der Waals surface area (Å²) < 4.78 is 40.1. The number of hydrogen-bond acceptors (Lipinski definition) is 3. The maximum atomic E-state index is 13.4. The Kier molecular flexibility index (Phi) is 6.78. The van der Waals surface area contributed by atoms with Crippen LogP contribution in [0.4, 0.5) is 13.2 Å². The summed E-state index contributed by atoms with van der Waals surface area (Å²) >= 11 is 1.47. The summed E-state index contributed by atoms with van der Waals surface area (Å²) in [5.74, 6) is 0.632. The van der Waals surface area contributed by atoms with Crippen LogP contribution in [-0.2, 0) is 30.2 Å². The second-order valence-corrected chi connectivity index (χ2v) is 10.7. The minimum atomic E-state index is -4.42. The highest BCUT2D eigenvalue weighted by Crippen LogP contribution is 2.39. The van der Waals surface area contributed by atoms with Crippen molar-refractivity contribution in [2.75, 3.05) is 0 Å². The number of alkyl halides is 3. The second-order valence-electron chi connectivity index (χ2n) is 9.73. The number of pyridine rings is 1. The maximum Gasteiger partial charge on any atom is 0.416 e. The number of rotatable bonds is 4. The van der Waals surface area contributed by atoms with Crippen LogP contribution in [0.15, 0.2) is 53.6 Å². The lowest BCUT2D eigenvalue weighted by atomic mass is 9.86. The summed E-state index contributed by atoms with van der Waals surface area (Å²) in [5.41, 5.74) is 5.21. The van der Waals surface area contributed by atoms with Gasteiger partial charge < -0.3 is 0 Å². The topological polar surface area (TPSA) is 36.7 Å². The van der Waals surface area contributed by atoms with Gasteiger partial charge >= 0.3 is 6.18 Å². The van der Waals surface area contributed by atoms with E-state index in [1.54, 1.807) is 6.07 Å². The molecule has 4 rings (SSSR count). The van der Waals surface area contributed by atoms with Crippen LogP contribution in [0.5, 0.6) is 0 Å². The Labute approximate surface area is 203 Å². The number of benzene rings is 2. The van der Waals surface area contributed by atoms with Gasteiger partial charge in [0.15, 0.2) is 0 Å². The Morgan fingerprint density at radius 2 is 1.62 bits per heavy atom. The van der Waals surface area contributed by atoms with E-state index in [-0.39, 0.29) is 5.41 Å². The summed E-state index contributed by atoms with van der Waals surface area (Å²) in [6.07, 6.45) is -1.04. The molecule has 2 aromatic carbocycles. The first kappa shape index (κ1) is 24.3. The first-order chi connectivity index (χ1) is 16.1. The number of nitrogens with zero attached hydrogens (tertiary/aromatic N) is 2. The van der Waals surface area contributed by atoms with Crippen molar-refractivity contribution in [1.29, 1.82) is 5.26 Å². The van der Waals surface area contributed by atoms with Crippen molar-refractivity contribution < 1.29 is 13.2 Å². The lowest BCUT2D eigenvalue weighted by molar-refractivity contribution is -0.137. The minimum Gasteiger partial charge on any atom is -0.240 e. The molecule has 0 aliphatic heterocycles. The van der Waals surface area contributed by atoms with E-state index in [0.717, 1.165) is 48.4 Å². The lowest BCUT2D eigenvalue weighted by Gasteiger charge is -2.22. The predicted octanol–water partition coefficient (Wildman–Crippen LogP) is 8.11. The molecule has 6 heteroatoms. The summed E-state index contributed by atoms with van der Waals surface area (Å²) in [5, 5.41) is 10.6. The standard InChI is InChI=1S/C28H27F3N2S/c1-27(2,3)20-13-11-18(12-14-20)17-34-26-24(16-32)22-9-4-5-10-23(22)25(33-26)19-7-6-8-21(15-19)28(29,30)31/h6-8,11-15H,4-5,9-10,17H2,1-3H3. The Morgan fingerprint density at radius 1 is 0.941 bits per heavy atom. The number of hydrogen-bond donors (Lipinski definition) is 0. The van der Waals surface area contributed by atoms with Gasteiger partial charge in [-0.3, -0.25) is 0 Å². The van der Waals surface area contributed by atoms with Crippen LogP contribution in [0.2, 0.25) is 0 Å². The molecule has 1 heterocycles. The molecule has 0 saturated carbocycles. The van der Waals surface area contributed by atoms with Gasteiger partial charge in [-0.15, -0.1) is 11.8 Å². The lowest BCUT2D eigenvalue weighted by Crippen LogP contribution is -2.11. The first-order valence-electron chi connectivity index (χ1n) is 11.4. The molecule has 1 aliphatic rings. The number of aromatic nitrogens is 1. The highest BCUT2D eigenvalue weighted by molar-refractivity contribution is 7.98. The predicted molar refractivity (Wildman–Crippen MR) is 131 cm³/mol. The summed E-state index contributed by atoms with van der Waals surface area (Å²) in [6, 6.07) is 16.1. The van der Waals surface area contributed by atoms with E-state index in [0.29, 0.717) is 27.6 Å². The number of nitriles is 1. The Morgan fingerprint density at radius 3 is 2.24 bits per heavy atom. The average Bonchev–Trinajstić information content (AvgIpc) is 2.81. The molecule has 0 bridgehead atoms. The SMILES string of the molecule is CC(C)(C)c1ccc(CSc2nc(-c3cccc(C(F)(F)F)c3)c3c(c2C#N)CCCC3)cc1. The Bertz CT molecular complexity index is 1230. The van der Waals surface area contributed by atoms with Crippen LogP contribution in [0.1, 0.15) is 67.0 Å². The zero-order chi connectivity index (χ0) is 24.5. The fourth-order valence-corrected chi connectivity index (χ4v) is 5.32. The van der Waals surface area contributed by atoms with Gasteiger partial charge in [-0.05, 0) is 65.5 Å². The zero-order valence-corrected chi connectivity index (χ0v) is 20.4. The molecule has 176 valence electrons. The van der Waals surface area contributed by atoms with Gasteiger partial charge in [0.1, 0.15) is 11.1 Å². The van der Waals surface area contributed by atoms with Crippen LogP contribution in [0, 0.1) is 11.3 Å². The molecule has 1 aliphatic carbocycles. The van der Waals surface area contributed by atoms with E-state index in [1.165, 1.54) is 29.5 Å². The largest absolute Gasteiger partial charge is 0.416 e. The number of halogens is 3. The van der Waals surface area contributed by atoms with Crippen molar-refractivity contribution in [2.24, 2.45) is 0 Å². The van der Waals surface area contributed by atoms with Gasteiger partial charge in [0, 0.05) is 11.3 Å². The van der Waals surface area contributed by atoms with Crippen LogP contribution >= 0.6 is 11.8 Å². The Balaban J connectivity index is 1.73. The summed E-state index contributed by atoms with van der Waals surface area (Å²) in [7, 11) is 0. The highest BCUT2D eigenvalue weighted by atomic mass is 32.2. The molecular formula is C28H27F3N2S.